The van der Waals surface area contributed by atoms with Crippen LogP contribution in [0.5, 0.6) is 0 Å². The number of rotatable bonds is 5. The largest absolute Gasteiger partial charge is 0.378 e. The number of nitrogens with one attached hydrogen (secondary N) is 1. The molecule has 18 heavy (non-hydrogen) atoms. The molecule has 100 valence electrons. The zero-order valence-electron chi connectivity index (χ0n) is 10.9. The van der Waals surface area contributed by atoms with Gasteiger partial charge in [-0.3, -0.25) is 0 Å². The van der Waals surface area contributed by atoms with Crippen LogP contribution in [0.2, 0.25) is 0 Å². The number of hydrogen-bond donors (Lipinski definition) is 1. The zero-order chi connectivity index (χ0) is 12.8. The Bertz CT molecular complexity index is 349. The number of ether oxygens (including phenoxy) is 1. The molecule has 1 N–H and O–H groups in total. The van der Waals surface area contributed by atoms with Crippen LogP contribution in [-0.2, 0) is 11.2 Å². The Balaban J connectivity index is 1.70. The summed E-state index contributed by atoms with van der Waals surface area (Å²) in [5, 5.41) is 3.48. The highest BCUT2D eigenvalue weighted by Gasteiger charge is 2.14. The normalized spacial score (nSPS) is 20.3. The van der Waals surface area contributed by atoms with Crippen molar-refractivity contribution in [2.75, 3.05) is 39.9 Å². The van der Waals surface area contributed by atoms with Gasteiger partial charge in [0.05, 0.1) is 13.2 Å². The molecule has 3 nitrogen and oxygen atoms in total. The second-order valence-electron chi connectivity index (χ2n) is 4.86. The predicted molar refractivity (Wildman–Crippen MR) is 78.0 cm³/mol. The lowest BCUT2D eigenvalue weighted by atomic mass is 10.1. The molecule has 0 spiro atoms. The first-order chi connectivity index (χ1) is 8.74. The van der Waals surface area contributed by atoms with E-state index in [0.29, 0.717) is 6.04 Å². The Hall–Kier alpha value is -0.420. The molecule has 0 aromatic heterocycles. The first-order valence-electron chi connectivity index (χ1n) is 6.48. The quantitative estimate of drug-likeness (QED) is 0.899. The van der Waals surface area contributed by atoms with Crippen molar-refractivity contribution in [1.29, 1.82) is 0 Å². The van der Waals surface area contributed by atoms with Crippen molar-refractivity contribution in [3.63, 3.8) is 0 Å². The van der Waals surface area contributed by atoms with E-state index >= 15 is 0 Å². The summed E-state index contributed by atoms with van der Waals surface area (Å²) in [7, 11) is 2.18. The van der Waals surface area contributed by atoms with E-state index in [-0.39, 0.29) is 0 Å². The number of halogens is 1. The van der Waals surface area contributed by atoms with Crippen LogP contribution in [0.25, 0.3) is 0 Å². The summed E-state index contributed by atoms with van der Waals surface area (Å²) >= 11 is 3.46. The standard InChI is InChI=1S/C14H21BrN2O/c1-17(10-14-11-18-9-7-16-14)8-6-12-2-4-13(15)5-3-12/h2-5,14,16H,6-11H2,1H3. The van der Waals surface area contributed by atoms with Crippen molar-refractivity contribution in [1.82, 2.24) is 10.2 Å². The molecule has 1 heterocycles. The summed E-state index contributed by atoms with van der Waals surface area (Å²) < 4.78 is 6.61. The Morgan fingerprint density at radius 1 is 1.39 bits per heavy atom. The maximum Gasteiger partial charge on any atom is 0.0632 e. The monoisotopic (exact) mass is 312 g/mol. The minimum absolute atomic E-state index is 0.480. The Labute approximate surface area is 118 Å². The van der Waals surface area contributed by atoms with E-state index in [0.717, 1.165) is 43.7 Å². The number of hydrogen-bond acceptors (Lipinski definition) is 3. The predicted octanol–water partition coefficient (Wildman–Crippen LogP) is 1.91. The molecule has 0 amide bonds. The summed E-state index contributed by atoms with van der Waals surface area (Å²) in [6, 6.07) is 9.05. The summed E-state index contributed by atoms with van der Waals surface area (Å²) in [5.41, 5.74) is 1.39. The van der Waals surface area contributed by atoms with Crippen molar-refractivity contribution in [2.45, 2.75) is 12.5 Å². The highest BCUT2D eigenvalue weighted by molar-refractivity contribution is 9.10. The van der Waals surface area contributed by atoms with Crippen LogP contribution in [0.4, 0.5) is 0 Å². The van der Waals surface area contributed by atoms with Gasteiger partial charge >= 0.3 is 0 Å². The van der Waals surface area contributed by atoms with Crippen molar-refractivity contribution in [3.8, 4) is 0 Å². The minimum Gasteiger partial charge on any atom is -0.378 e. The summed E-state index contributed by atoms with van der Waals surface area (Å²) in [4.78, 5) is 2.37. The van der Waals surface area contributed by atoms with E-state index < -0.39 is 0 Å². The van der Waals surface area contributed by atoms with E-state index in [1.165, 1.54) is 5.56 Å². The third-order valence-electron chi connectivity index (χ3n) is 3.23. The van der Waals surface area contributed by atoms with Crippen molar-refractivity contribution in [2.24, 2.45) is 0 Å². The molecule has 1 atom stereocenters. The highest BCUT2D eigenvalue weighted by atomic mass is 79.9. The average molecular weight is 313 g/mol. The van der Waals surface area contributed by atoms with Gasteiger partial charge in [0.25, 0.3) is 0 Å². The van der Waals surface area contributed by atoms with Crippen LogP contribution >= 0.6 is 15.9 Å². The fourth-order valence-corrected chi connectivity index (χ4v) is 2.44. The molecule has 0 bridgehead atoms. The zero-order valence-corrected chi connectivity index (χ0v) is 12.4. The smallest absolute Gasteiger partial charge is 0.0632 e. The molecule has 4 heteroatoms. The molecule has 1 aromatic carbocycles. The third-order valence-corrected chi connectivity index (χ3v) is 3.75. The van der Waals surface area contributed by atoms with Gasteiger partial charge in [0.1, 0.15) is 0 Å². The molecule has 1 aliphatic heterocycles. The molecule has 1 aliphatic rings. The maximum absolute atomic E-state index is 5.46. The number of morpholine rings is 1. The molecule has 1 saturated heterocycles. The van der Waals surface area contributed by atoms with Crippen molar-refractivity contribution in [3.05, 3.63) is 34.3 Å². The van der Waals surface area contributed by atoms with Crippen LogP contribution < -0.4 is 5.32 Å². The minimum atomic E-state index is 0.480. The van der Waals surface area contributed by atoms with Crippen molar-refractivity contribution >= 4 is 15.9 Å². The molecule has 0 saturated carbocycles. The van der Waals surface area contributed by atoms with E-state index in [1.807, 2.05) is 0 Å². The van der Waals surface area contributed by atoms with Gasteiger partial charge in [-0.05, 0) is 31.2 Å². The third kappa shape index (κ3) is 4.69. The summed E-state index contributed by atoms with van der Waals surface area (Å²) in [6.45, 7) is 4.79. The van der Waals surface area contributed by atoms with Crippen LogP contribution in [0.15, 0.2) is 28.7 Å². The first kappa shape index (κ1) is 14.0. The molecule has 0 radical (unpaired) electrons. The van der Waals surface area contributed by atoms with E-state index in [2.05, 4.69) is 57.5 Å². The van der Waals surface area contributed by atoms with Gasteiger partial charge in [-0.25, -0.2) is 0 Å². The number of nitrogens with zero attached hydrogens (tertiary/aromatic N) is 1. The van der Waals surface area contributed by atoms with Gasteiger partial charge < -0.3 is 15.0 Å². The number of likely N-dealkylation sites (N-methyl/N-ethyl adjacent to an activating group) is 1. The lowest BCUT2D eigenvalue weighted by Crippen LogP contribution is -2.47. The van der Waals surface area contributed by atoms with Gasteiger partial charge in [0.15, 0.2) is 0 Å². The maximum atomic E-state index is 5.46. The fraction of sp³-hybridized carbons (Fsp3) is 0.571. The van der Waals surface area contributed by atoms with Gasteiger partial charge in [0.2, 0.25) is 0 Å². The molecule has 1 aromatic rings. The molecule has 1 fully saturated rings. The number of benzene rings is 1. The Kier molecular flexibility index (Phi) is 5.63. The van der Waals surface area contributed by atoms with Gasteiger partial charge in [0, 0.05) is 30.1 Å². The van der Waals surface area contributed by atoms with Crippen LogP contribution in [-0.4, -0.2) is 50.8 Å². The lowest BCUT2D eigenvalue weighted by molar-refractivity contribution is 0.0655. The second-order valence-corrected chi connectivity index (χ2v) is 5.78. The molecule has 1 unspecified atom stereocenters. The Morgan fingerprint density at radius 3 is 2.83 bits per heavy atom. The fourth-order valence-electron chi connectivity index (χ4n) is 2.18. The van der Waals surface area contributed by atoms with E-state index in [1.54, 1.807) is 0 Å². The summed E-state index contributed by atoms with van der Waals surface area (Å²) in [6.07, 6.45) is 1.09. The summed E-state index contributed by atoms with van der Waals surface area (Å²) in [5.74, 6) is 0. The molecule has 0 aliphatic carbocycles. The van der Waals surface area contributed by atoms with Crippen LogP contribution in [0, 0.1) is 0 Å². The van der Waals surface area contributed by atoms with Gasteiger partial charge in [-0.1, -0.05) is 28.1 Å². The average Bonchev–Trinajstić information content (AvgIpc) is 2.39. The van der Waals surface area contributed by atoms with Crippen molar-refractivity contribution < 1.29 is 4.74 Å². The van der Waals surface area contributed by atoms with E-state index in [9.17, 15) is 0 Å². The van der Waals surface area contributed by atoms with E-state index in [4.69, 9.17) is 4.74 Å². The van der Waals surface area contributed by atoms with Gasteiger partial charge in [-0.15, -0.1) is 0 Å². The Morgan fingerprint density at radius 2 is 2.17 bits per heavy atom. The second kappa shape index (κ2) is 7.24. The van der Waals surface area contributed by atoms with Crippen LogP contribution in [0.1, 0.15) is 5.56 Å². The molecule has 2 rings (SSSR count). The SMILES string of the molecule is CN(CCc1ccc(Br)cc1)CC1COCCN1. The lowest BCUT2D eigenvalue weighted by Gasteiger charge is -2.28. The molecular formula is C14H21BrN2O. The highest BCUT2D eigenvalue weighted by Crippen LogP contribution is 2.11. The first-order valence-corrected chi connectivity index (χ1v) is 7.27. The molecular weight excluding hydrogens is 292 g/mol. The van der Waals surface area contributed by atoms with Gasteiger partial charge in [-0.2, -0.15) is 0 Å². The topological polar surface area (TPSA) is 24.5 Å². The van der Waals surface area contributed by atoms with Crippen LogP contribution in [0.3, 0.4) is 0 Å².